The first kappa shape index (κ1) is 13.2. The summed E-state index contributed by atoms with van der Waals surface area (Å²) >= 11 is 0. The van der Waals surface area contributed by atoms with Crippen LogP contribution in [-0.2, 0) is 6.18 Å². The third-order valence-electron chi connectivity index (χ3n) is 2.44. The number of alkyl halides is 3. The highest BCUT2D eigenvalue weighted by atomic mass is 19.4. The first-order valence-electron chi connectivity index (χ1n) is 5.32. The van der Waals surface area contributed by atoms with Gasteiger partial charge in [0.1, 0.15) is 5.75 Å². The fourth-order valence-electron chi connectivity index (χ4n) is 1.52. The number of esters is 1. The zero-order chi connectivity index (χ0) is 14.0. The largest absolute Gasteiger partial charge is 0.457 e. The fourth-order valence-corrected chi connectivity index (χ4v) is 1.52. The van der Waals surface area contributed by atoms with Crippen LogP contribution in [0.2, 0.25) is 0 Å². The lowest BCUT2D eigenvalue weighted by Crippen LogP contribution is -2.13. The number of rotatable bonds is 2. The van der Waals surface area contributed by atoms with Gasteiger partial charge in [0.2, 0.25) is 5.76 Å². The molecule has 0 saturated carbocycles. The summed E-state index contributed by atoms with van der Waals surface area (Å²) in [6, 6.07) is 6.02. The topological polar surface area (TPSA) is 39.4 Å². The number of benzene rings is 1. The first-order valence-corrected chi connectivity index (χ1v) is 5.32. The molecule has 0 atom stereocenters. The van der Waals surface area contributed by atoms with Gasteiger partial charge in [-0.15, -0.1) is 0 Å². The van der Waals surface area contributed by atoms with Gasteiger partial charge in [0.25, 0.3) is 0 Å². The van der Waals surface area contributed by atoms with Crippen molar-refractivity contribution in [3.05, 3.63) is 53.5 Å². The Morgan fingerprint density at radius 2 is 1.89 bits per heavy atom. The predicted molar refractivity (Wildman–Crippen MR) is 59.8 cm³/mol. The van der Waals surface area contributed by atoms with Crippen molar-refractivity contribution in [2.75, 3.05) is 0 Å². The van der Waals surface area contributed by atoms with E-state index in [2.05, 4.69) is 0 Å². The van der Waals surface area contributed by atoms with Gasteiger partial charge in [0.05, 0.1) is 11.8 Å². The lowest BCUT2D eigenvalue weighted by molar-refractivity contribution is -0.138. The number of para-hydroxylation sites is 1. The molecule has 2 aromatic rings. The second-order valence-corrected chi connectivity index (χ2v) is 3.82. The van der Waals surface area contributed by atoms with E-state index in [1.807, 2.05) is 0 Å². The van der Waals surface area contributed by atoms with E-state index in [1.165, 1.54) is 24.5 Å². The molecule has 1 heterocycles. The van der Waals surface area contributed by atoms with Crippen LogP contribution >= 0.6 is 0 Å². The van der Waals surface area contributed by atoms with Crippen LogP contribution in [0.1, 0.15) is 21.7 Å². The van der Waals surface area contributed by atoms with Crippen molar-refractivity contribution in [3.63, 3.8) is 0 Å². The number of ether oxygens (including phenoxy) is 1. The van der Waals surface area contributed by atoms with Crippen LogP contribution < -0.4 is 4.74 Å². The highest BCUT2D eigenvalue weighted by molar-refractivity contribution is 5.89. The molecule has 0 spiro atoms. The average Bonchev–Trinajstić information content (AvgIpc) is 2.75. The molecule has 19 heavy (non-hydrogen) atoms. The number of carbonyl (C=O) groups excluding carboxylic acids is 1. The summed E-state index contributed by atoms with van der Waals surface area (Å²) in [6.07, 6.45) is -3.32. The van der Waals surface area contributed by atoms with Gasteiger partial charge in [0, 0.05) is 5.56 Å². The van der Waals surface area contributed by atoms with E-state index < -0.39 is 23.5 Å². The Labute approximate surface area is 106 Å². The Morgan fingerprint density at radius 1 is 1.21 bits per heavy atom. The molecule has 1 aromatic carbocycles. The maximum atomic E-state index is 12.7. The lowest BCUT2D eigenvalue weighted by atomic mass is 10.2. The van der Waals surface area contributed by atoms with Crippen molar-refractivity contribution in [2.45, 2.75) is 13.1 Å². The third kappa shape index (κ3) is 2.78. The summed E-state index contributed by atoms with van der Waals surface area (Å²) in [7, 11) is 0. The highest BCUT2D eigenvalue weighted by Crippen LogP contribution is 2.36. The number of furan rings is 1. The molecule has 100 valence electrons. The molecule has 0 aliphatic heterocycles. The smallest absolute Gasteiger partial charge is 0.419 e. The van der Waals surface area contributed by atoms with Crippen molar-refractivity contribution < 1.29 is 27.1 Å². The number of hydrogen-bond donors (Lipinski definition) is 0. The average molecular weight is 270 g/mol. The van der Waals surface area contributed by atoms with Crippen molar-refractivity contribution in [3.8, 4) is 5.75 Å². The standard InChI is InChI=1S/C13H9F3O3/c1-8-6-7-18-11(8)12(17)19-10-5-3-2-4-9(10)13(14,15)16/h2-7H,1H3. The van der Waals surface area contributed by atoms with Crippen LogP contribution in [0.5, 0.6) is 5.75 Å². The third-order valence-corrected chi connectivity index (χ3v) is 2.44. The van der Waals surface area contributed by atoms with E-state index in [0.29, 0.717) is 5.56 Å². The van der Waals surface area contributed by atoms with E-state index in [1.54, 1.807) is 6.92 Å². The summed E-state index contributed by atoms with van der Waals surface area (Å²) in [6.45, 7) is 1.59. The second kappa shape index (κ2) is 4.79. The Balaban J connectivity index is 2.30. The van der Waals surface area contributed by atoms with Crippen LogP contribution in [0.15, 0.2) is 41.0 Å². The second-order valence-electron chi connectivity index (χ2n) is 3.82. The normalized spacial score (nSPS) is 11.4. The van der Waals surface area contributed by atoms with Gasteiger partial charge < -0.3 is 9.15 Å². The van der Waals surface area contributed by atoms with Crippen LogP contribution in [-0.4, -0.2) is 5.97 Å². The maximum absolute atomic E-state index is 12.7. The van der Waals surface area contributed by atoms with Gasteiger partial charge >= 0.3 is 12.1 Å². The molecule has 0 unspecified atom stereocenters. The molecule has 0 amide bonds. The van der Waals surface area contributed by atoms with Gasteiger partial charge in [-0.1, -0.05) is 12.1 Å². The zero-order valence-corrected chi connectivity index (χ0v) is 9.82. The van der Waals surface area contributed by atoms with Gasteiger partial charge in [-0.3, -0.25) is 0 Å². The monoisotopic (exact) mass is 270 g/mol. The maximum Gasteiger partial charge on any atom is 0.419 e. The molecular weight excluding hydrogens is 261 g/mol. The van der Waals surface area contributed by atoms with Crippen molar-refractivity contribution in [1.29, 1.82) is 0 Å². The molecule has 2 rings (SSSR count). The fraction of sp³-hybridized carbons (Fsp3) is 0.154. The van der Waals surface area contributed by atoms with Crippen molar-refractivity contribution >= 4 is 5.97 Å². The molecule has 0 N–H and O–H groups in total. The molecule has 3 nitrogen and oxygen atoms in total. The van der Waals surface area contributed by atoms with Gasteiger partial charge in [-0.2, -0.15) is 13.2 Å². The van der Waals surface area contributed by atoms with Gasteiger partial charge in [0.15, 0.2) is 0 Å². The van der Waals surface area contributed by atoms with Crippen LogP contribution in [0.25, 0.3) is 0 Å². The highest BCUT2D eigenvalue weighted by Gasteiger charge is 2.35. The van der Waals surface area contributed by atoms with Crippen molar-refractivity contribution in [1.82, 2.24) is 0 Å². The Morgan fingerprint density at radius 3 is 2.47 bits per heavy atom. The van der Waals surface area contributed by atoms with Crippen LogP contribution in [0.4, 0.5) is 13.2 Å². The summed E-state index contributed by atoms with van der Waals surface area (Å²) in [4.78, 5) is 11.7. The van der Waals surface area contributed by atoms with Crippen LogP contribution in [0.3, 0.4) is 0 Å². The quantitative estimate of drug-likeness (QED) is 0.615. The van der Waals surface area contributed by atoms with Gasteiger partial charge in [-0.05, 0) is 25.1 Å². The number of carbonyl (C=O) groups is 1. The SMILES string of the molecule is Cc1ccoc1C(=O)Oc1ccccc1C(F)(F)F. The molecule has 0 saturated heterocycles. The Kier molecular flexibility index (Phi) is 3.33. The number of hydrogen-bond acceptors (Lipinski definition) is 3. The molecule has 0 bridgehead atoms. The molecule has 0 radical (unpaired) electrons. The number of halogens is 3. The van der Waals surface area contributed by atoms with E-state index in [-0.39, 0.29) is 5.76 Å². The van der Waals surface area contributed by atoms with Crippen molar-refractivity contribution in [2.24, 2.45) is 0 Å². The minimum absolute atomic E-state index is 0.114. The summed E-state index contributed by atoms with van der Waals surface area (Å²) in [5.74, 6) is -1.62. The van der Waals surface area contributed by atoms with E-state index in [0.717, 1.165) is 12.1 Å². The Hall–Kier alpha value is -2.24. The molecule has 0 aliphatic rings. The Bertz CT molecular complexity index is 599. The first-order chi connectivity index (χ1) is 8.89. The van der Waals surface area contributed by atoms with Gasteiger partial charge in [-0.25, -0.2) is 4.79 Å². The molecular formula is C13H9F3O3. The predicted octanol–water partition coefficient (Wildman–Crippen LogP) is 3.83. The minimum Gasteiger partial charge on any atom is -0.457 e. The summed E-state index contributed by atoms with van der Waals surface area (Å²) < 4.78 is 47.7. The minimum atomic E-state index is -4.59. The number of aryl methyl sites for hydroxylation is 1. The molecule has 6 heteroatoms. The molecule has 0 aliphatic carbocycles. The zero-order valence-electron chi connectivity index (χ0n) is 9.82. The summed E-state index contributed by atoms with van der Waals surface area (Å²) in [5.41, 5.74) is -0.512. The van der Waals surface area contributed by atoms with E-state index in [9.17, 15) is 18.0 Å². The van der Waals surface area contributed by atoms with Crippen LogP contribution in [0, 0.1) is 6.92 Å². The van der Waals surface area contributed by atoms with E-state index in [4.69, 9.17) is 9.15 Å². The molecule has 0 fully saturated rings. The lowest BCUT2D eigenvalue weighted by Gasteiger charge is -2.11. The summed E-state index contributed by atoms with van der Waals surface area (Å²) in [5, 5.41) is 0. The van der Waals surface area contributed by atoms with E-state index >= 15 is 0 Å². The molecule has 1 aromatic heterocycles.